The monoisotopic (exact) mass is 299 g/mol. The zero-order valence-electron chi connectivity index (χ0n) is 13.0. The Morgan fingerprint density at radius 1 is 1.20 bits per heavy atom. The van der Waals surface area contributed by atoms with Crippen molar-refractivity contribution in [2.45, 2.75) is 57.6 Å². The smallest absolute Gasteiger partial charge is 0.243 e. The molecular formula is C15H25NO3S. The largest absolute Gasteiger partial charge is 0.392 e. The van der Waals surface area contributed by atoms with Gasteiger partial charge in [0.1, 0.15) is 0 Å². The summed E-state index contributed by atoms with van der Waals surface area (Å²) in [6.07, 6.45) is 1.50. The lowest BCUT2D eigenvalue weighted by molar-refractivity contribution is 0.257. The SMILES string of the molecule is CCc1ccc(S(=O)(=O)N(C)C(C)(C)CC)cc1CO. The molecule has 0 unspecified atom stereocenters. The number of benzene rings is 1. The van der Waals surface area contributed by atoms with Crippen molar-refractivity contribution in [3.8, 4) is 0 Å². The third-order valence-corrected chi connectivity index (χ3v) is 6.17. The predicted octanol–water partition coefficient (Wildman–Crippen LogP) is 2.55. The number of nitrogens with zero attached hydrogens (tertiary/aromatic N) is 1. The van der Waals surface area contributed by atoms with Crippen LogP contribution in [0.15, 0.2) is 23.1 Å². The minimum atomic E-state index is -3.54. The van der Waals surface area contributed by atoms with Crippen LogP contribution in [0.1, 0.15) is 45.2 Å². The molecule has 0 heterocycles. The number of sulfonamides is 1. The Kier molecular flexibility index (Phi) is 5.35. The first-order valence-corrected chi connectivity index (χ1v) is 8.36. The average Bonchev–Trinajstić information content (AvgIpc) is 2.45. The summed E-state index contributed by atoms with van der Waals surface area (Å²) in [5.41, 5.74) is 1.21. The second kappa shape index (κ2) is 6.24. The van der Waals surface area contributed by atoms with Crippen LogP contribution in [0.2, 0.25) is 0 Å². The number of aryl methyl sites for hydroxylation is 1. The van der Waals surface area contributed by atoms with Gasteiger partial charge >= 0.3 is 0 Å². The average molecular weight is 299 g/mol. The molecule has 0 spiro atoms. The van der Waals surface area contributed by atoms with E-state index in [2.05, 4.69) is 0 Å². The van der Waals surface area contributed by atoms with E-state index < -0.39 is 15.6 Å². The highest BCUT2D eigenvalue weighted by Crippen LogP contribution is 2.26. The lowest BCUT2D eigenvalue weighted by atomic mass is 10.0. The quantitative estimate of drug-likeness (QED) is 0.878. The summed E-state index contributed by atoms with van der Waals surface area (Å²) in [5.74, 6) is 0. The van der Waals surface area contributed by atoms with Crippen LogP contribution >= 0.6 is 0 Å². The molecule has 0 aromatic heterocycles. The van der Waals surface area contributed by atoms with E-state index in [0.29, 0.717) is 5.56 Å². The van der Waals surface area contributed by atoms with Crippen molar-refractivity contribution >= 4 is 10.0 Å². The van der Waals surface area contributed by atoms with E-state index in [1.54, 1.807) is 25.2 Å². The van der Waals surface area contributed by atoms with Gasteiger partial charge in [0.15, 0.2) is 0 Å². The Bertz CT molecular complexity index is 564. The van der Waals surface area contributed by atoms with Crippen molar-refractivity contribution in [3.63, 3.8) is 0 Å². The highest BCUT2D eigenvalue weighted by atomic mass is 32.2. The van der Waals surface area contributed by atoms with E-state index in [-0.39, 0.29) is 11.5 Å². The summed E-state index contributed by atoms with van der Waals surface area (Å²) >= 11 is 0. The Morgan fingerprint density at radius 2 is 1.80 bits per heavy atom. The van der Waals surface area contributed by atoms with Crippen LogP contribution in [0.4, 0.5) is 0 Å². The molecule has 0 saturated carbocycles. The van der Waals surface area contributed by atoms with Crippen molar-refractivity contribution in [2.75, 3.05) is 7.05 Å². The highest BCUT2D eigenvalue weighted by Gasteiger charge is 2.32. The fraction of sp³-hybridized carbons (Fsp3) is 0.600. The van der Waals surface area contributed by atoms with Crippen LogP contribution < -0.4 is 0 Å². The molecule has 0 aliphatic rings. The molecule has 5 heteroatoms. The topological polar surface area (TPSA) is 57.6 Å². The first-order chi connectivity index (χ1) is 9.20. The molecule has 1 N–H and O–H groups in total. The number of aliphatic hydroxyl groups is 1. The minimum absolute atomic E-state index is 0.145. The predicted molar refractivity (Wildman–Crippen MR) is 81.1 cm³/mol. The molecule has 4 nitrogen and oxygen atoms in total. The lowest BCUT2D eigenvalue weighted by Gasteiger charge is -2.33. The standard InChI is InChI=1S/C15H25NO3S/c1-6-12-8-9-14(10-13(12)11-17)20(18,19)16(5)15(3,4)7-2/h8-10,17H,6-7,11H2,1-5H3. The van der Waals surface area contributed by atoms with Crippen molar-refractivity contribution in [2.24, 2.45) is 0 Å². The molecule has 0 fully saturated rings. The maximum atomic E-state index is 12.6. The lowest BCUT2D eigenvalue weighted by Crippen LogP contribution is -2.44. The molecule has 0 atom stereocenters. The number of hydrogen-bond acceptors (Lipinski definition) is 3. The second-order valence-corrected chi connectivity index (χ2v) is 7.55. The third kappa shape index (κ3) is 3.22. The van der Waals surface area contributed by atoms with E-state index in [9.17, 15) is 13.5 Å². The summed E-state index contributed by atoms with van der Waals surface area (Å²) in [6, 6.07) is 4.98. The van der Waals surface area contributed by atoms with Gasteiger partial charge in [-0.1, -0.05) is 19.9 Å². The fourth-order valence-electron chi connectivity index (χ4n) is 1.96. The van der Waals surface area contributed by atoms with Crippen molar-refractivity contribution in [1.82, 2.24) is 4.31 Å². The van der Waals surface area contributed by atoms with Gasteiger partial charge in [-0.15, -0.1) is 0 Å². The fourth-order valence-corrected chi connectivity index (χ4v) is 3.59. The summed E-state index contributed by atoms with van der Waals surface area (Å²) in [7, 11) is -1.94. The summed E-state index contributed by atoms with van der Waals surface area (Å²) in [4.78, 5) is 0.239. The van der Waals surface area contributed by atoms with Crippen LogP contribution in [-0.4, -0.2) is 30.4 Å². The molecule has 0 amide bonds. The van der Waals surface area contributed by atoms with Gasteiger partial charge in [0.25, 0.3) is 0 Å². The number of aliphatic hydroxyl groups excluding tert-OH is 1. The molecule has 0 aliphatic heterocycles. The number of hydrogen-bond donors (Lipinski definition) is 1. The van der Waals surface area contributed by atoms with Gasteiger partial charge in [-0.3, -0.25) is 0 Å². The Labute approximate surface area is 122 Å². The van der Waals surface area contributed by atoms with E-state index in [4.69, 9.17) is 0 Å². The zero-order chi connectivity index (χ0) is 15.6. The van der Waals surface area contributed by atoms with Crippen molar-refractivity contribution in [1.29, 1.82) is 0 Å². The van der Waals surface area contributed by atoms with Gasteiger partial charge in [-0.2, -0.15) is 4.31 Å². The molecule has 0 saturated heterocycles. The molecule has 0 radical (unpaired) electrons. The third-order valence-electron chi connectivity index (χ3n) is 4.11. The Hall–Kier alpha value is -0.910. The maximum Gasteiger partial charge on any atom is 0.243 e. The van der Waals surface area contributed by atoms with Gasteiger partial charge in [0, 0.05) is 12.6 Å². The molecular weight excluding hydrogens is 274 g/mol. The Balaban J connectivity index is 3.29. The van der Waals surface area contributed by atoms with Crippen LogP contribution in [0, 0.1) is 0 Å². The summed E-state index contributed by atoms with van der Waals surface area (Å²) < 4.78 is 26.7. The van der Waals surface area contributed by atoms with Gasteiger partial charge in [0.05, 0.1) is 11.5 Å². The first-order valence-electron chi connectivity index (χ1n) is 6.92. The molecule has 20 heavy (non-hydrogen) atoms. The van der Waals surface area contributed by atoms with Crippen LogP contribution in [-0.2, 0) is 23.1 Å². The van der Waals surface area contributed by atoms with Crippen molar-refractivity contribution < 1.29 is 13.5 Å². The van der Waals surface area contributed by atoms with Gasteiger partial charge in [-0.05, 0) is 49.9 Å². The molecule has 0 aliphatic carbocycles. The summed E-state index contributed by atoms with van der Waals surface area (Å²) in [6.45, 7) is 7.60. The van der Waals surface area contributed by atoms with Crippen LogP contribution in [0.25, 0.3) is 0 Å². The molecule has 1 aromatic rings. The normalized spacial score (nSPS) is 12.9. The van der Waals surface area contributed by atoms with Gasteiger partial charge in [-0.25, -0.2) is 8.42 Å². The second-order valence-electron chi connectivity index (χ2n) is 5.58. The Morgan fingerprint density at radius 3 is 2.25 bits per heavy atom. The van der Waals surface area contributed by atoms with E-state index in [0.717, 1.165) is 18.4 Å². The summed E-state index contributed by atoms with van der Waals surface area (Å²) in [5, 5.41) is 9.38. The number of rotatable bonds is 6. The van der Waals surface area contributed by atoms with Crippen LogP contribution in [0.5, 0.6) is 0 Å². The first kappa shape index (κ1) is 17.1. The minimum Gasteiger partial charge on any atom is -0.392 e. The van der Waals surface area contributed by atoms with E-state index in [1.807, 2.05) is 27.7 Å². The maximum absolute atomic E-state index is 12.6. The van der Waals surface area contributed by atoms with Crippen molar-refractivity contribution in [3.05, 3.63) is 29.3 Å². The molecule has 1 rings (SSSR count). The van der Waals surface area contributed by atoms with E-state index in [1.165, 1.54) is 4.31 Å². The van der Waals surface area contributed by atoms with E-state index >= 15 is 0 Å². The zero-order valence-corrected chi connectivity index (χ0v) is 13.8. The molecule has 0 bridgehead atoms. The van der Waals surface area contributed by atoms with Gasteiger partial charge in [0.2, 0.25) is 10.0 Å². The van der Waals surface area contributed by atoms with Crippen LogP contribution in [0.3, 0.4) is 0 Å². The highest BCUT2D eigenvalue weighted by molar-refractivity contribution is 7.89. The van der Waals surface area contributed by atoms with Gasteiger partial charge < -0.3 is 5.11 Å². The molecule has 114 valence electrons. The molecule has 1 aromatic carbocycles.